The summed E-state index contributed by atoms with van der Waals surface area (Å²) in [4.78, 5) is 34.4. The second-order valence-corrected chi connectivity index (χ2v) is 6.43. The van der Waals surface area contributed by atoms with Crippen LogP contribution in [0.3, 0.4) is 0 Å². The van der Waals surface area contributed by atoms with E-state index in [4.69, 9.17) is 4.74 Å². The quantitative estimate of drug-likeness (QED) is 0.629. The number of para-hydroxylation sites is 2. The number of carbonyl (C=O) groups excluding carboxylic acids is 2. The van der Waals surface area contributed by atoms with Crippen molar-refractivity contribution in [3.05, 3.63) is 64.2 Å². The minimum Gasteiger partial charge on any atom is -0.444 e. The molecule has 0 unspecified atom stereocenters. The average Bonchev–Trinajstić information content (AvgIpc) is 2.55. The summed E-state index contributed by atoms with van der Waals surface area (Å²) in [5, 5.41) is 15.9. The van der Waals surface area contributed by atoms with Crippen LogP contribution in [0.5, 0.6) is 0 Å². The molecule has 2 aromatic carbocycles. The number of nitro benzene ring substituents is 1. The number of hydrogen-bond donors (Lipinski definition) is 2. The molecule has 136 valence electrons. The van der Waals surface area contributed by atoms with E-state index in [9.17, 15) is 19.7 Å². The summed E-state index contributed by atoms with van der Waals surface area (Å²) in [6.07, 6.45) is -0.644. The van der Waals surface area contributed by atoms with Crippen molar-refractivity contribution in [2.45, 2.75) is 26.4 Å². The van der Waals surface area contributed by atoms with Crippen LogP contribution in [0.4, 0.5) is 21.9 Å². The number of ether oxygens (including phenoxy) is 1. The van der Waals surface area contributed by atoms with Crippen LogP contribution >= 0.6 is 0 Å². The highest BCUT2D eigenvalue weighted by Crippen LogP contribution is 2.23. The number of non-ortho nitro benzene ring substituents is 1. The normalized spacial score (nSPS) is 10.7. The second kappa shape index (κ2) is 7.64. The van der Waals surface area contributed by atoms with E-state index in [1.165, 1.54) is 24.3 Å². The molecule has 2 amide bonds. The smallest absolute Gasteiger partial charge is 0.412 e. The van der Waals surface area contributed by atoms with E-state index in [0.29, 0.717) is 11.4 Å². The van der Waals surface area contributed by atoms with E-state index < -0.39 is 22.5 Å². The third-order valence-electron chi connectivity index (χ3n) is 3.15. The van der Waals surface area contributed by atoms with Crippen LogP contribution in [0.2, 0.25) is 0 Å². The van der Waals surface area contributed by atoms with E-state index >= 15 is 0 Å². The summed E-state index contributed by atoms with van der Waals surface area (Å²) in [5.41, 5.74) is 0.246. The van der Waals surface area contributed by atoms with Crippen LogP contribution < -0.4 is 10.6 Å². The summed E-state index contributed by atoms with van der Waals surface area (Å²) >= 11 is 0. The minimum atomic E-state index is -0.652. The van der Waals surface area contributed by atoms with Gasteiger partial charge in [0.05, 0.1) is 16.3 Å². The summed E-state index contributed by atoms with van der Waals surface area (Å²) in [5.74, 6) is -0.460. The van der Waals surface area contributed by atoms with Gasteiger partial charge in [-0.25, -0.2) is 4.79 Å². The molecule has 0 bridgehead atoms. The fourth-order valence-corrected chi connectivity index (χ4v) is 2.04. The van der Waals surface area contributed by atoms with Gasteiger partial charge in [0, 0.05) is 17.7 Å². The molecule has 0 fully saturated rings. The monoisotopic (exact) mass is 357 g/mol. The number of carbonyl (C=O) groups is 2. The SMILES string of the molecule is CC(C)(C)OC(=O)Nc1ccccc1NC(=O)c1ccc([N+](=O)[O-])cc1. The topological polar surface area (TPSA) is 111 Å². The molecule has 26 heavy (non-hydrogen) atoms. The molecular weight excluding hydrogens is 338 g/mol. The van der Waals surface area contributed by atoms with Crippen LogP contribution in [0, 0.1) is 10.1 Å². The summed E-state index contributed by atoms with van der Waals surface area (Å²) < 4.78 is 5.20. The van der Waals surface area contributed by atoms with Crippen molar-refractivity contribution in [3.8, 4) is 0 Å². The van der Waals surface area contributed by atoms with E-state index in [-0.39, 0.29) is 11.3 Å². The lowest BCUT2D eigenvalue weighted by atomic mass is 10.2. The molecule has 0 aliphatic heterocycles. The predicted molar refractivity (Wildman–Crippen MR) is 97.3 cm³/mol. The van der Waals surface area contributed by atoms with Gasteiger partial charge < -0.3 is 10.1 Å². The number of rotatable bonds is 4. The zero-order valence-electron chi connectivity index (χ0n) is 14.6. The van der Waals surface area contributed by atoms with Crippen molar-refractivity contribution in [1.29, 1.82) is 0 Å². The van der Waals surface area contributed by atoms with Gasteiger partial charge in [-0.2, -0.15) is 0 Å². The van der Waals surface area contributed by atoms with Crippen LogP contribution in [0.25, 0.3) is 0 Å². The first-order valence-electron chi connectivity index (χ1n) is 7.80. The highest BCUT2D eigenvalue weighted by atomic mass is 16.6. The van der Waals surface area contributed by atoms with Gasteiger partial charge in [0.1, 0.15) is 5.60 Å². The Morgan fingerprint density at radius 1 is 0.962 bits per heavy atom. The van der Waals surface area contributed by atoms with Gasteiger partial charge in [-0.3, -0.25) is 20.2 Å². The third kappa shape index (κ3) is 5.30. The number of anilines is 2. The lowest BCUT2D eigenvalue weighted by molar-refractivity contribution is -0.384. The number of nitrogens with one attached hydrogen (secondary N) is 2. The number of hydrogen-bond acceptors (Lipinski definition) is 5. The lowest BCUT2D eigenvalue weighted by Crippen LogP contribution is -2.27. The fourth-order valence-electron chi connectivity index (χ4n) is 2.04. The maximum Gasteiger partial charge on any atom is 0.412 e. The molecule has 0 aliphatic carbocycles. The van der Waals surface area contributed by atoms with Gasteiger partial charge in [-0.1, -0.05) is 12.1 Å². The minimum absolute atomic E-state index is 0.103. The zero-order valence-corrected chi connectivity index (χ0v) is 14.6. The fraction of sp³-hybridized carbons (Fsp3) is 0.222. The van der Waals surface area contributed by atoms with Crippen molar-refractivity contribution in [2.75, 3.05) is 10.6 Å². The maximum atomic E-state index is 12.3. The highest BCUT2D eigenvalue weighted by molar-refractivity contribution is 6.07. The molecule has 2 aromatic rings. The second-order valence-electron chi connectivity index (χ2n) is 6.43. The van der Waals surface area contributed by atoms with E-state index in [2.05, 4.69) is 10.6 Å². The number of nitro groups is 1. The van der Waals surface area contributed by atoms with Crippen molar-refractivity contribution in [3.63, 3.8) is 0 Å². The Labute approximate surface area is 150 Å². The predicted octanol–water partition coefficient (Wildman–Crippen LogP) is 4.19. The Morgan fingerprint density at radius 2 is 1.50 bits per heavy atom. The van der Waals surface area contributed by atoms with E-state index in [1.807, 2.05) is 0 Å². The number of amides is 2. The molecule has 0 heterocycles. The van der Waals surface area contributed by atoms with Gasteiger partial charge in [-0.15, -0.1) is 0 Å². The maximum absolute atomic E-state index is 12.3. The molecule has 0 spiro atoms. The average molecular weight is 357 g/mol. The van der Waals surface area contributed by atoms with Gasteiger partial charge in [-0.05, 0) is 45.0 Å². The standard InChI is InChI=1S/C18H19N3O5/c1-18(2,3)26-17(23)20-15-7-5-4-6-14(15)19-16(22)12-8-10-13(11-9-12)21(24)25/h4-11H,1-3H3,(H,19,22)(H,20,23). The molecule has 2 rings (SSSR count). The molecule has 2 N–H and O–H groups in total. The van der Waals surface area contributed by atoms with Gasteiger partial charge in [0.25, 0.3) is 11.6 Å². The molecule has 0 saturated heterocycles. The van der Waals surface area contributed by atoms with Gasteiger partial charge in [0.2, 0.25) is 0 Å². The van der Waals surface area contributed by atoms with Gasteiger partial charge in [0.15, 0.2) is 0 Å². The third-order valence-corrected chi connectivity index (χ3v) is 3.15. The molecule has 8 heteroatoms. The summed E-state index contributed by atoms with van der Waals surface area (Å²) in [6, 6.07) is 11.9. The van der Waals surface area contributed by atoms with Crippen LogP contribution in [-0.4, -0.2) is 22.5 Å². The van der Waals surface area contributed by atoms with Crippen LogP contribution in [0.15, 0.2) is 48.5 Å². The van der Waals surface area contributed by atoms with Crippen molar-refractivity contribution >= 4 is 29.1 Å². The van der Waals surface area contributed by atoms with Crippen molar-refractivity contribution in [1.82, 2.24) is 0 Å². The Morgan fingerprint density at radius 3 is 2.00 bits per heavy atom. The Hall–Kier alpha value is -3.42. The van der Waals surface area contributed by atoms with Crippen molar-refractivity contribution < 1.29 is 19.2 Å². The van der Waals surface area contributed by atoms with Crippen molar-refractivity contribution in [2.24, 2.45) is 0 Å². The molecule has 0 radical (unpaired) electrons. The largest absolute Gasteiger partial charge is 0.444 e. The molecule has 0 saturated carbocycles. The van der Waals surface area contributed by atoms with E-state index in [0.717, 1.165) is 0 Å². The molecule has 0 aliphatic rings. The summed E-state index contributed by atoms with van der Waals surface area (Å²) in [6.45, 7) is 5.23. The first-order valence-corrected chi connectivity index (χ1v) is 7.80. The Bertz CT molecular complexity index is 825. The number of nitrogens with zero attached hydrogens (tertiary/aromatic N) is 1. The highest BCUT2D eigenvalue weighted by Gasteiger charge is 2.18. The first-order chi connectivity index (χ1) is 12.2. The summed E-state index contributed by atoms with van der Waals surface area (Å²) in [7, 11) is 0. The molecule has 0 atom stereocenters. The Balaban J connectivity index is 2.13. The molecule has 8 nitrogen and oxygen atoms in total. The van der Waals surface area contributed by atoms with Gasteiger partial charge >= 0.3 is 6.09 Å². The molecular formula is C18H19N3O5. The lowest BCUT2D eigenvalue weighted by Gasteiger charge is -2.20. The first kappa shape index (κ1) is 18.9. The zero-order chi connectivity index (χ0) is 19.3. The Kier molecular flexibility index (Phi) is 5.56. The molecule has 0 aromatic heterocycles. The van der Waals surface area contributed by atoms with Crippen LogP contribution in [0.1, 0.15) is 31.1 Å². The van der Waals surface area contributed by atoms with Crippen LogP contribution in [-0.2, 0) is 4.74 Å². The number of benzene rings is 2. The van der Waals surface area contributed by atoms with E-state index in [1.54, 1.807) is 45.0 Å².